The minimum atomic E-state index is -0.327. The van der Waals surface area contributed by atoms with Gasteiger partial charge in [0.1, 0.15) is 0 Å². The molecule has 0 spiro atoms. The van der Waals surface area contributed by atoms with Gasteiger partial charge in [-0.05, 0) is 17.2 Å². The molecule has 0 atom stereocenters. The molecule has 0 aliphatic carbocycles. The van der Waals surface area contributed by atoms with Gasteiger partial charge in [-0.2, -0.15) is 0 Å². The minimum absolute atomic E-state index is 0.00330. The predicted octanol–water partition coefficient (Wildman–Crippen LogP) is 0.300. The SMILES string of the molecule is C=C(C)CN(C)C(=O)c1nonc1N. The molecule has 0 aromatic carbocycles. The zero-order chi connectivity index (χ0) is 10.7. The number of hydrogen-bond acceptors (Lipinski definition) is 5. The Labute approximate surface area is 81.3 Å². The number of carbonyl (C=O) groups excluding carboxylic acids is 1. The van der Waals surface area contributed by atoms with E-state index in [1.165, 1.54) is 4.90 Å². The molecule has 14 heavy (non-hydrogen) atoms. The number of anilines is 1. The largest absolute Gasteiger partial charge is 0.379 e. The highest BCUT2D eigenvalue weighted by Crippen LogP contribution is 2.07. The molecule has 76 valence electrons. The first kappa shape index (κ1) is 10.2. The minimum Gasteiger partial charge on any atom is -0.379 e. The maximum atomic E-state index is 11.6. The maximum Gasteiger partial charge on any atom is 0.280 e. The van der Waals surface area contributed by atoms with Crippen molar-refractivity contribution in [2.45, 2.75) is 6.92 Å². The van der Waals surface area contributed by atoms with E-state index in [0.29, 0.717) is 6.54 Å². The summed E-state index contributed by atoms with van der Waals surface area (Å²) < 4.78 is 4.33. The number of aromatic nitrogens is 2. The second-order valence-electron chi connectivity index (χ2n) is 3.12. The van der Waals surface area contributed by atoms with Gasteiger partial charge < -0.3 is 10.6 Å². The number of nitrogens with two attached hydrogens (primary N) is 1. The van der Waals surface area contributed by atoms with E-state index < -0.39 is 0 Å². The summed E-state index contributed by atoms with van der Waals surface area (Å²) in [6.45, 7) is 5.97. The van der Waals surface area contributed by atoms with E-state index in [1.807, 2.05) is 6.92 Å². The fourth-order valence-corrected chi connectivity index (χ4v) is 1.00. The van der Waals surface area contributed by atoms with Crippen LogP contribution in [0, 0.1) is 0 Å². The van der Waals surface area contributed by atoms with Crippen molar-refractivity contribution < 1.29 is 9.42 Å². The highest BCUT2D eigenvalue weighted by Gasteiger charge is 2.19. The molecule has 0 aliphatic rings. The van der Waals surface area contributed by atoms with Gasteiger partial charge in [0.2, 0.25) is 11.5 Å². The quantitative estimate of drug-likeness (QED) is 0.703. The molecule has 1 amide bonds. The Balaban J connectivity index is 2.76. The Morgan fingerprint density at radius 3 is 2.71 bits per heavy atom. The monoisotopic (exact) mass is 196 g/mol. The molecule has 1 rings (SSSR count). The number of likely N-dealkylation sites (N-methyl/N-ethyl adjacent to an activating group) is 1. The first-order valence-electron chi connectivity index (χ1n) is 4.00. The van der Waals surface area contributed by atoms with Gasteiger partial charge in [-0.1, -0.05) is 12.2 Å². The third kappa shape index (κ3) is 2.09. The van der Waals surface area contributed by atoms with E-state index in [1.54, 1.807) is 7.05 Å². The van der Waals surface area contributed by atoms with Crippen LogP contribution in [0.15, 0.2) is 16.8 Å². The van der Waals surface area contributed by atoms with Gasteiger partial charge in [0.05, 0.1) is 0 Å². The van der Waals surface area contributed by atoms with Crippen molar-refractivity contribution in [1.82, 2.24) is 15.2 Å². The summed E-state index contributed by atoms with van der Waals surface area (Å²) in [5.41, 5.74) is 6.28. The van der Waals surface area contributed by atoms with Gasteiger partial charge in [-0.25, -0.2) is 4.63 Å². The fourth-order valence-electron chi connectivity index (χ4n) is 1.00. The summed E-state index contributed by atoms with van der Waals surface area (Å²) in [7, 11) is 1.63. The average Bonchev–Trinajstić information content (AvgIpc) is 2.48. The lowest BCUT2D eigenvalue weighted by Crippen LogP contribution is -2.29. The molecule has 2 N–H and O–H groups in total. The summed E-state index contributed by atoms with van der Waals surface area (Å²) in [5, 5.41) is 6.73. The smallest absolute Gasteiger partial charge is 0.280 e. The second kappa shape index (κ2) is 3.91. The lowest BCUT2D eigenvalue weighted by Gasteiger charge is -2.14. The third-order valence-corrected chi connectivity index (χ3v) is 1.57. The molecular formula is C8H12N4O2. The molecule has 0 fully saturated rings. The van der Waals surface area contributed by atoms with Crippen molar-refractivity contribution in [3.8, 4) is 0 Å². The molecule has 1 heterocycles. The van der Waals surface area contributed by atoms with Crippen molar-refractivity contribution in [3.05, 3.63) is 17.8 Å². The number of nitrogens with zero attached hydrogens (tertiary/aromatic N) is 3. The van der Waals surface area contributed by atoms with Gasteiger partial charge >= 0.3 is 0 Å². The molecule has 0 unspecified atom stereocenters. The lowest BCUT2D eigenvalue weighted by molar-refractivity contribution is 0.0796. The third-order valence-electron chi connectivity index (χ3n) is 1.57. The molecule has 0 bridgehead atoms. The topological polar surface area (TPSA) is 85.2 Å². The van der Waals surface area contributed by atoms with E-state index in [2.05, 4.69) is 21.5 Å². The molecule has 1 aromatic heterocycles. The van der Waals surface area contributed by atoms with Crippen molar-refractivity contribution in [1.29, 1.82) is 0 Å². The maximum absolute atomic E-state index is 11.6. The predicted molar refractivity (Wildman–Crippen MR) is 50.5 cm³/mol. The fraction of sp³-hybridized carbons (Fsp3) is 0.375. The second-order valence-corrected chi connectivity index (χ2v) is 3.12. The normalized spacial score (nSPS) is 9.86. The molecule has 0 aliphatic heterocycles. The number of rotatable bonds is 3. The Kier molecular flexibility index (Phi) is 2.85. The first-order valence-corrected chi connectivity index (χ1v) is 4.00. The average molecular weight is 196 g/mol. The van der Waals surface area contributed by atoms with Gasteiger partial charge in [0, 0.05) is 13.6 Å². The molecule has 6 heteroatoms. The van der Waals surface area contributed by atoms with E-state index in [9.17, 15) is 4.79 Å². The standard InChI is InChI=1S/C8H12N4O2/c1-5(2)4-12(3)8(13)6-7(9)11-14-10-6/h1,4H2,2-3H3,(H2,9,11). The highest BCUT2D eigenvalue weighted by atomic mass is 16.6. The summed E-state index contributed by atoms with van der Waals surface area (Å²) in [5.74, 6) is -0.324. The van der Waals surface area contributed by atoms with Crippen LogP contribution < -0.4 is 5.73 Å². The first-order chi connectivity index (χ1) is 6.52. The van der Waals surface area contributed by atoms with Crippen molar-refractivity contribution in [2.75, 3.05) is 19.3 Å². The van der Waals surface area contributed by atoms with E-state index in [0.717, 1.165) is 5.57 Å². The van der Waals surface area contributed by atoms with Crippen LogP contribution in [-0.2, 0) is 0 Å². The molecule has 6 nitrogen and oxygen atoms in total. The van der Waals surface area contributed by atoms with Crippen molar-refractivity contribution >= 4 is 11.7 Å². The van der Waals surface area contributed by atoms with Crippen molar-refractivity contribution in [2.24, 2.45) is 0 Å². The summed E-state index contributed by atoms with van der Waals surface area (Å²) in [4.78, 5) is 13.0. The lowest BCUT2D eigenvalue weighted by atomic mass is 10.3. The van der Waals surface area contributed by atoms with Crippen LogP contribution in [0.25, 0.3) is 0 Å². The Bertz CT molecular complexity index is 358. The van der Waals surface area contributed by atoms with Crippen LogP contribution in [0.5, 0.6) is 0 Å². The number of amides is 1. The van der Waals surface area contributed by atoms with Gasteiger partial charge in [-0.3, -0.25) is 4.79 Å². The molecule has 0 saturated carbocycles. The van der Waals surface area contributed by atoms with Crippen LogP contribution in [0.4, 0.5) is 5.82 Å². The number of carbonyl (C=O) groups is 1. The van der Waals surface area contributed by atoms with Crippen LogP contribution in [0.2, 0.25) is 0 Å². The number of hydrogen-bond donors (Lipinski definition) is 1. The van der Waals surface area contributed by atoms with Gasteiger partial charge in [-0.15, -0.1) is 0 Å². The summed E-state index contributed by atoms with van der Waals surface area (Å²) >= 11 is 0. The van der Waals surface area contributed by atoms with Crippen LogP contribution in [-0.4, -0.2) is 34.7 Å². The number of nitrogen functional groups attached to an aromatic ring is 1. The van der Waals surface area contributed by atoms with Gasteiger partial charge in [0.25, 0.3) is 5.91 Å². The molecule has 0 saturated heterocycles. The van der Waals surface area contributed by atoms with Crippen LogP contribution in [0.1, 0.15) is 17.4 Å². The zero-order valence-electron chi connectivity index (χ0n) is 8.15. The van der Waals surface area contributed by atoms with Gasteiger partial charge in [0.15, 0.2) is 0 Å². The highest BCUT2D eigenvalue weighted by molar-refractivity contribution is 5.95. The van der Waals surface area contributed by atoms with E-state index in [4.69, 9.17) is 5.73 Å². The Morgan fingerprint density at radius 2 is 2.29 bits per heavy atom. The summed E-state index contributed by atoms with van der Waals surface area (Å²) in [6.07, 6.45) is 0. The van der Waals surface area contributed by atoms with E-state index >= 15 is 0 Å². The van der Waals surface area contributed by atoms with E-state index in [-0.39, 0.29) is 17.4 Å². The summed E-state index contributed by atoms with van der Waals surface area (Å²) in [6, 6.07) is 0. The van der Waals surface area contributed by atoms with Crippen LogP contribution >= 0.6 is 0 Å². The van der Waals surface area contributed by atoms with Crippen molar-refractivity contribution in [3.63, 3.8) is 0 Å². The zero-order valence-corrected chi connectivity index (χ0v) is 8.15. The Morgan fingerprint density at radius 1 is 1.64 bits per heavy atom. The Hall–Kier alpha value is -1.85. The molecule has 1 aromatic rings. The van der Waals surface area contributed by atoms with Crippen LogP contribution in [0.3, 0.4) is 0 Å². The molecule has 0 radical (unpaired) electrons. The molecular weight excluding hydrogens is 184 g/mol.